The molecule has 0 bridgehead atoms. The van der Waals surface area contributed by atoms with Crippen LogP contribution in [0.25, 0.3) is 0 Å². The highest BCUT2D eigenvalue weighted by Gasteiger charge is 2.23. The Bertz CT molecular complexity index is 628. The second kappa shape index (κ2) is 12.0. The fourth-order valence-electron chi connectivity index (χ4n) is 3.38. The molecular formula is C21H29Cl2N3O. The van der Waals surface area contributed by atoms with Crippen molar-refractivity contribution in [2.24, 2.45) is 5.73 Å². The summed E-state index contributed by atoms with van der Waals surface area (Å²) in [5.74, 6) is 0.182. The molecule has 2 N–H and O–H groups in total. The van der Waals surface area contributed by atoms with E-state index in [-0.39, 0.29) is 36.8 Å². The number of hydrogen-bond acceptors (Lipinski definition) is 3. The summed E-state index contributed by atoms with van der Waals surface area (Å²) in [5.41, 5.74) is 8.48. The van der Waals surface area contributed by atoms with Crippen molar-refractivity contribution in [3.8, 4) is 0 Å². The molecule has 1 atom stereocenters. The minimum Gasteiger partial charge on any atom is -0.340 e. The molecule has 0 saturated carbocycles. The highest BCUT2D eigenvalue weighted by molar-refractivity contribution is 5.85. The average Bonchev–Trinajstić information content (AvgIpc) is 2.63. The summed E-state index contributed by atoms with van der Waals surface area (Å²) >= 11 is 0. The highest BCUT2D eigenvalue weighted by Crippen LogP contribution is 2.13. The maximum Gasteiger partial charge on any atom is 0.236 e. The third-order valence-corrected chi connectivity index (χ3v) is 4.67. The number of amides is 1. The summed E-state index contributed by atoms with van der Waals surface area (Å²) in [6.07, 6.45) is 2.02. The van der Waals surface area contributed by atoms with Crippen molar-refractivity contribution in [3.05, 3.63) is 71.8 Å². The van der Waals surface area contributed by atoms with Gasteiger partial charge in [0.2, 0.25) is 5.91 Å². The molecule has 27 heavy (non-hydrogen) atoms. The molecule has 2 aromatic rings. The van der Waals surface area contributed by atoms with Gasteiger partial charge in [-0.1, -0.05) is 60.7 Å². The van der Waals surface area contributed by atoms with Gasteiger partial charge in [0, 0.05) is 32.2 Å². The van der Waals surface area contributed by atoms with Gasteiger partial charge in [-0.05, 0) is 24.0 Å². The van der Waals surface area contributed by atoms with Gasteiger partial charge in [-0.3, -0.25) is 9.69 Å². The van der Waals surface area contributed by atoms with Crippen LogP contribution < -0.4 is 5.73 Å². The highest BCUT2D eigenvalue weighted by atomic mass is 35.5. The van der Waals surface area contributed by atoms with E-state index in [4.69, 9.17) is 5.73 Å². The molecular weight excluding hydrogens is 381 g/mol. The second-order valence-corrected chi connectivity index (χ2v) is 6.86. The average molecular weight is 410 g/mol. The first-order chi connectivity index (χ1) is 12.2. The Hall–Kier alpha value is -1.59. The molecule has 1 aliphatic rings. The summed E-state index contributed by atoms with van der Waals surface area (Å²) in [5, 5.41) is 0. The monoisotopic (exact) mass is 409 g/mol. The summed E-state index contributed by atoms with van der Waals surface area (Å²) in [6.45, 7) is 3.47. The lowest BCUT2D eigenvalue weighted by Gasteiger charge is -2.33. The molecule has 1 aliphatic heterocycles. The lowest BCUT2D eigenvalue weighted by atomic mass is 10.1. The van der Waals surface area contributed by atoms with Gasteiger partial charge in [0.05, 0.1) is 6.54 Å². The zero-order valence-corrected chi connectivity index (χ0v) is 17.1. The second-order valence-electron chi connectivity index (χ2n) is 6.86. The fraction of sp³-hybridized carbons (Fsp3) is 0.381. The van der Waals surface area contributed by atoms with Gasteiger partial charge in [-0.15, -0.1) is 24.8 Å². The van der Waals surface area contributed by atoms with Crippen molar-refractivity contribution in [1.82, 2.24) is 9.80 Å². The van der Waals surface area contributed by atoms with E-state index in [0.717, 1.165) is 32.5 Å². The summed E-state index contributed by atoms with van der Waals surface area (Å²) in [6, 6.07) is 20.8. The maximum atomic E-state index is 12.8. The van der Waals surface area contributed by atoms with E-state index in [1.54, 1.807) is 0 Å². The molecule has 1 unspecified atom stereocenters. The van der Waals surface area contributed by atoms with Crippen LogP contribution in [0.15, 0.2) is 60.7 Å². The molecule has 148 valence electrons. The number of halogens is 2. The van der Waals surface area contributed by atoms with Crippen molar-refractivity contribution in [1.29, 1.82) is 0 Å². The topological polar surface area (TPSA) is 49.6 Å². The smallest absolute Gasteiger partial charge is 0.236 e. The largest absolute Gasteiger partial charge is 0.340 e. The zero-order valence-electron chi connectivity index (χ0n) is 15.5. The third kappa shape index (κ3) is 7.51. The van der Waals surface area contributed by atoms with Crippen LogP contribution in [-0.2, 0) is 17.9 Å². The molecule has 6 heteroatoms. The lowest BCUT2D eigenvalue weighted by molar-refractivity contribution is -0.133. The minimum absolute atomic E-state index is 0. The Labute approximate surface area is 174 Å². The number of rotatable bonds is 6. The lowest BCUT2D eigenvalue weighted by Crippen LogP contribution is -2.48. The van der Waals surface area contributed by atoms with Gasteiger partial charge in [0.1, 0.15) is 0 Å². The summed E-state index contributed by atoms with van der Waals surface area (Å²) in [4.78, 5) is 16.9. The van der Waals surface area contributed by atoms with Crippen molar-refractivity contribution < 1.29 is 4.79 Å². The first-order valence-corrected chi connectivity index (χ1v) is 9.04. The van der Waals surface area contributed by atoms with E-state index in [1.165, 1.54) is 11.1 Å². The van der Waals surface area contributed by atoms with E-state index in [0.29, 0.717) is 13.1 Å². The minimum atomic E-state index is 0. The number of likely N-dealkylation sites (tertiary alicyclic amines) is 1. The summed E-state index contributed by atoms with van der Waals surface area (Å²) in [7, 11) is 0. The number of carbonyl (C=O) groups is 1. The van der Waals surface area contributed by atoms with E-state index in [2.05, 4.69) is 29.2 Å². The molecule has 4 nitrogen and oxygen atoms in total. The van der Waals surface area contributed by atoms with Crippen LogP contribution in [0.1, 0.15) is 24.0 Å². The van der Waals surface area contributed by atoms with Crippen LogP contribution in [0.3, 0.4) is 0 Å². The molecule has 1 heterocycles. The van der Waals surface area contributed by atoms with Crippen molar-refractivity contribution in [2.75, 3.05) is 19.6 Å². The Balaban J connectivity index is 0.00000182. The predicted octanol–water partition coefficient (Wildman–Crippen LogP) is 3.48. The Morgan fingerprint density at radius 1 is 0.963 bits per heavy atom. The van der Waals surface area contributed by atoms with Gasteiger partial charge in [0.25, 0.3) is 0 Å². The predicted molar refractivity (Wildman–Crippen MR) is 115 cm³/mol. The molecule has 0 aliphatic carbocycles. The van der Waals surface area contributed by atoms with Gasteiger partial charge in [-0.25, -0.2) is 0 Å². The van der Waals surface area contributed by atoms with Crippen LogP contribution in [-0.4, -0.2) is 41.4 Å². The number of piperidine rings is 1. The number of benzene rings is 2. The molecule has 3 rings (SSSR count). The molecule has 1 saturated heterocycles. The van der Waals surface area contributed by atoms with Crippen LogP contribution in [0, 0.1) is 0 Å². The van der Waals surface area contributed by atoms with Crippen LogP contribution in [0.5, 0.6) is 0 Å². The molecule has 1 fully saturated rings. The van der Waals surface area contributed by atoms with Crippen LogP contribution in [0.4, 0.5) is 0 Å². The van der Waals surface area contributed by atoms with Gasteiger partial charge in [0.15, 0.2) is 0 Å². The quantitative estimate of drug-likeness (QED) is 0.793. The standard InChI is InChI=1S/C21H27N3O.2ClH/c22-20-12-7-13-24(16-20)21(25)17-23(14-18-8-3-1-4-9-18)15-19-10-5-2-6-11-19;;/h1-6,8-11,20H,7,12-17,22H2;2*1H. The fourth-order valence-corrected chi connectivity index (χ4v) is 3.38. The van der Waals surface area contributed by atoms with Crippen molar-refractivity contribution in [3.63, 3.8) is 0 Å². The van der Waals surface area contributed by atoms with Crippen molar-refractivity contribution in [2.45, 2.75) is 32.0 Å². The van der Waals surface area contributed by atoms with Crippen molar-refractivity contribution >= 4 is 30.7 Å². The Morgan fingerprint density at radius 3 is 1.96 bits per heavy atom. The maximum absolute atomic E-state index is 12.8. The Morgan fingerprint density at radius 2 is 1.48 bits per heavy atom. The SMILES string of the molecule is Cl.Cl.NC1CCCN(C(=O)CN(Cc2ccccc2)Cc2ccccc2)C1. The number of hydrogen-bond donors (Lipinski definition) is 1. The van der Waals surface area contributed by atoms with Gasteiger partial charge < -0.3 is 10.6 Å². The van der Waals surface area contributed by atoms with Gasteiger partial charge in [-0.2, -0.15) is 0 Å². The Kier molecular flexibility index (Phi) is 10.4. The van der Waals surface area contributed by atoms with E-state index >= 15 is 0 Å². The normalized spacial score (nSPS) is 16.4. The molecule has 0 spiro atoms. The molecule has 2 aromatic carbocycles. The molecule has 1 amide bonds. The molecule has 0 aromatic heterocycles. The first-order valence-electron chi connectivity index (χ1n) is 9.04. The van der Waals surface area contributed by atoms with E-state index < -0.39 is 0 Å². The number of nitrogens with two attached hydrogens (primary N) is 1. The van der Waals surface area contributed by atoms with E-state index in [9.17, 15) is 4.79 Å². The third-order valence-electron chi connectivity index (χ3n) is 4.67. The van der Waals surface area contributed by atoms with Crippen LogP contribution in [0.2, 0.25) is 0 Å². The number of carbonyl (C=O) groups excluding carboxylic acids is 1. The number of nitrogens with zero attached hydrogens (tertiary/aromatic N) is 2. The molecule has 0 radical (unpaired) electrons. The first kappa shape index (κ1) is 23.4. The zero-order chi connectivity index (χ0) is 17.5. The van der Waals surface area contributed by atoms with Gasteiger partial charge >= 0.3 is 0 Å². The summed E-state index contributed by atoms with van der Waals surface area (Å²) < 4.78 is 0. The van der Waals surface area contributed by atoms with E-state index in [1.807, 2.05) is 41.3 Å². The van der Waals surface area contributed by atoms with Crippen LogP contribution >= 0.6 is 24.8 Å².